The lowest BCUT2D eigenvalue weighted by atomic mass is 9.41. The van der Waals surface area contributed by atoms with Gasteiger partial charge in [0.15, 0.2) is 5.78 Å². The molecule has 4 aliphatic carbocycles. The van der Waals surface area contributed by atoms with E-state index in [-0.39, 0.29) is 46.4 Å². The van der Waals surface area contributed by atoms with Crippen LogP contribution in [-0.4, -0.2) is 34.7 Å². The first kappa shape index (κ1) is 25.7. The number of hydrogen-bond donors (Lipinski definition) is 2. The van der Waals surface area contributed by atoms with Crippen molar-refractivity contribution in [3.8, 4) is 0 Å². The number of rotatable bonds is 6. The van der Waals surface area contributed by atoms with Gasteiger partial charge >= 0.3 is 5.97 Å². The Morgan fingerprint density at radius 3 is 2.50 bits per heavy atom. The number of carbonyl (C=O) groups is 2. The SMILES string of the molecule is CCOC(=O)CC[C@@H](C)[C@H]1CC[C@H]2C3[C@H](O)[C@H](CC)[C@@H]4CC(=O)/C(=C\O)C[C@]4(C)[C@H]3CC[C@]12C. The second kappa shape index (κ2) is 9.59. The molecular weight excluding hydrogens is 428 g/mol. The number of Topliss-reactive ketones (excluding diaryl/α,β-unsaturated/α-hetero) is 1. The Labute approximate surface area is 205 Å². The summed E-state index contributed by atoms with van der Waals surface area (Å²) in [6.45, 7) is 11.6. The van der Waals surface area contributed by atoms with Crippen LogP contribution in [0.3, 0.4) is 0 Å². The Kier molecular flexibility index (Phi) is 7.26. The van der Waals surface area contributed by atoms with E-state index in [4.69, 9.17) is 4.74 Å². The van der Waals surface area contributed by atoms with Crippen molar-refractivity contribution in [2.24, 2.45) is 52.3 Å². The predicted molar refractivity (Wildman–Crippen MR) is 132 cm³/mol. The van der Waals surface area contributed by atoms with E-state index in [9.17, 15) is 19.8 Å². The summed E-state index contributed by atoms with van der Waals surface area (Å²) in [7, 11) is 0. The van der Waals surface area contributed by atoms with Crippen molar-refractivity contribution in [3.05, 3.63) is 11.8 Å². The predicted octanol–water partition coefficient (Wildman–Crippen LogP) is 5.85. The molecule has 34 heavy (non-hydrogen) atoms. The van der Waals surface area contributed by atoms with Crippen LogP contribution in [0.1, 0.15) is 92.4 Å². The van der Waals surface area contributed by atoms with Crippen molar-refractivity contribution < 1.29 is 24.5 Å². The van der Waals surface area contributed by atoms with Gasteiger partial charge in [0.1, 0.15) is 0 Å². The molecule has 0 saturated heterocycles. The lowest BCUT2D eigenvalue weighted by Crippen LogP contribution is -2.62. The lowest BCUT2D eigenvalue weighted by molar-refractivity contribution is -0.190. The number of aliphatic hydroxyl groups excluding tert-OH is 2. The average Bonchev–Trinajstić information content (AvgIpc) is 3.16. The van der Waals surface area contributed by atoms with Gasteiger partial charge in [0.2, 0.25) is 0 Å². The van der Waals surface area contributed by atoms with Crippen LogP contribution in [0, 0.1) is 52.3 Å². The van der Waals surface area contributed by atoms with Gasteiger partial charge in [0, 0.05) is 18.4 Å². The van der Waals surface area contributed by atoms with Crippen LogP contribution < -0.4 is 0 Å². The largest absolute Gasteiger partial charge is 0.515 e. The highest BCUT2D eigenvalue weighted by Gasteiger charge is 2.65. The first-order valence-electron chi connectivity index (χ1n) is 13.8. The van der Waals surface area contributed by atoms with Gasteiger partial charge in [-0.15, -0.1) is 0 Å². The Hall–Kier alpha value is -1.36. The number of fused-ring (bicyclic) bond motifs is 5. The molecule has 5 heteroatoms. The normalized spacial score (nSPS) is 45.9. The molecule has 1 unspecified atom stereocenters. The van der Waals surface area contributed by atoms with Crippen molar-refractivity contribution in [1.29, 1.82) is 0 Å². The molecule has 0 aromatic rings. The van der Waals surface area contributed by atoms with Gasteiger partial charge in [-0.1, -0.05) is 34.1 Å². The number of esters is 1. The second-order valence-corrected chi connectivity index (χ2v) is 12.5. The van der Waals surface area contributed by atoms with E-state index in [1.807, 2.05) is 6.92 Å². The third kappa shape index (κ3) is 3.94. The van der Waals surface area contributed by atoms with E-state index in [1.54, 1.807) is 0 Å². The molecule has 4 saturated carbocycles. The first-order chi connectivity index (χ1) is 16.1. The van der Waals surface area contributed by atoms with E-state index < -0.39 is 0 Å². The third-order valence-electron chi connectivity index (χ3n) is 11.2. The van der Waals surface area contributed by atoms with Gasteiger partial charge in [-0.2, -0.15) is 0 Å². The standard InChI is InChI=1S/C29H46O5/c1-6-19-23-14-24(31)18(16-30)15-29(23,5)22-12-13-28(4)20(9-10-21(28)26(22)27(19)33)17(3)8-11-25(32)34-7-2/h16-17,19-23,26-27,30,33H,6-15H2,1-5H3/b18-16-/t17-,19-,20-,21+,22+,23+,26?,27-,28-,29-/m1/s1. The topological polar surface area (TPSA) is 83.8 Å². The molecule has 2 N–H and O–H groups in total. The molecule has 4 fully saturated rings. The molecule has 4 rings (SSSR count). The summed E-state index contributed by atoms with van der Waals surface area (Å²) in [5.41, 5.74) is 0.703. The van der Waals surface area contributed by atoms with E-state index >= 15 is 0 Å². The highest BCUT2D eigenvalue weighted by Crippen LogP contribution is 2.69. The minimum Gasteiger partial charge on any atom is -0.515 e. The fourth-order valence-corrected chi connectivity index (χ4v) is 9.61. The molecule has 5 nitrogen and oxygen atoms in total. The van der Waals surface area contributed by atoms with Gasteiger partial charge in [-0.05, 0) is 97.7 Å². The number of ether oxygens (including phenoxy) is 1. The number of ketones is 1. The van der Waals surface area contributed by atoms with Gasteiger partial charge in [0.25, 0.3) is 0 Å². The molecular formula is C29H46O5. The minimum absolute atomic E-state index is 0.0536. The zero-order valence-electron chi connectivity index (χ0n) is 21.9. The van der Waals surface area contributed by atoms with Crippen LogP contribution in [0.25, 0.3) is 0 Å². The monoisotopic (exact) mass is 474 g/mol. The fourth-order valence-electron chi connectivity index (χ4n) is 9.61. The van der Waals surface area contributed by atoms with Crippen LogP contribution in [0.15, 0.2) is 11.8 Å². The van der Waals surface area contributed by atoms with Crippen molar-refractivity contribution >= 4 is 11.8 Å². The average molecular weight is 475 g/mol. The summed E-state index contributed by atoms with van der Waals surface area (Å²) >= 11 is 0. The maximum absolute atomic E-state index is 12.7. The van der Waals surface area contributed by atoms with Gasteiger partial charge < -0.3 is 14.9 Å². The highest BCUT2D eigenvalue weighted by molar-refractivity contribution is 5.96. The Morgan fingerprint density at radius 1 is 1.15 bits per heavy atom. The lowest BCUT2D eigenvalue weighted by Gasteiger charge is -2.64. The van der Waals surface area contributed by atoms with Crippen LogP contribution in [0.4, 0.5) is 0 Å². The molecule has 0 aliphatic heterocycles. The van der Waals surface area contributed by atoms with Crippen molar-refractivity contribution in [2.75, 3.05) is 6.61 Å². The molecule has 10 atom stereocenters. The second-order valence-electron chi connectivity index (χ2n) is 12.5. The molecule has 0 amide bonds. The van der Waals surface area contributed by atoms with Gasteiger partial charge in [0.05, 0.1) is 19.0 Å². The van der Waals surface area contributed by atoms with Crippen molar-refractivity contribution in [2.45, 2.75) is 98.5 Å². The quantitative estimate of drug-likeness (QED) is 0.286. The summed E-state index contributed by atoms with van der Waals surface area (Å²) in [4.78, 5) is 24.7. The van der Waals surface area contributed by atoms with Crippen molar-refractivity contribution in [1.82, 2.24) is 0 Å². The Bertz CT molecular complexity index is 819. The van der Waals surface area contributed by atoms with E-state index in [1.165, 1.54) is 0 Å². The minimum atomic E-state index is -0.362. The Balaban J connectivity index is 1.59. The maximum atomic E-state index is 12.7. The zero-order chi connectivity index (χ0) is 24.8. The van der Waals surface area contributed by atoms with E-state index in [2.05, 4.69) is 27.7 Å². The van der Waals surface area contributed by atoms with Crippen LogP contribution in [-0.2, 0) is 14.3 Å². The fraction of sp³-hybridized carbons (Fsp3) is 0.862. The molecule has 0 radical (unpaired) electrons. The summed E-state index contributed by atoms with van der Waals surface area (Å²) in [5, 5.41) is 21.6. The summed E-state index contributed by atoms with van der Waals surface area (Å²) in [6, 6.07) is 0. The molecule has 0 bridgehead atoms. The van der Waals surface area contributed by atoms with Crippen LogP contribution in [0.2, 0.25) is 0 Å². The highest BCUT2D eigenvalue weighted by atomic mass is 16.5. The third-order valence-corrected chi connectivity index (χ3v) is 11.2. The summed E-state index contributed by atoms with van der Waals surface area (Å²) < 4.78 is 5.16. The maximum Gasteiger partial charge on any atom is 0.305 e. The molecule has 0 aromatic carbocycles. The molecule has 0 spiro atoms. The first-order valence-corrected chi connectivity index (χ1v) is 13.8. The van der Waals surface area contributed by atoms with Gasteiger partial charge in [-0.3, -0.25) is 9.59 Å². The van der Waals surface area contributed by atoms with Crippen molar-refractivity contribution in [3.63, 3.8) is 0 Å². The smallest absolute Gasteiger partial charge is 0.305 e. The number of aliphatic hydroxyl groups is 2. The van der Waals surface area contributed by atoms with E-state index in [0.717, 1.165) is 44.8 Å². The molecule has 0 aromatic heterocycles. The summed E-state index contributed by atoms with van der Waals surface area (Å²) in [5.74, 6) is 2.42. The molecule has 192 valence electrons. The molecule has 4 aliphatic rings. The Morgan fingerprint density at radius 2 is 1.85 bits per heavy atom. The van der Waals surface area contributed by atoms with Crippen LogP contribution in [0.5, 0.6) is 0 Å². The van der Waals surface area contributed by atoms with Crippen LogP contribution >= 0.6 is 0 Å². The van der Waals surface area contributed by atoms with E-state index in [0.29, 0.717) is 55.1 Å². The number of hydrogen-bond acceptors (Lipinski definition) is 5. The number of carbonyl (C=O) groups excluding carboxylic acids is 2. The molecule has 0 heterocycles. The summed E-state index contributed by atoms with van der Waals surface area (Å²) in [6.07, 6.45) is 8.55. The number of allylic oxidation sites excluding steroid dienone is 1. The zero-order valence-corrected chi connectivity index (χ0v) is 21.9. The van der Waals surface area contributed by atoms with Gasteiger partial charge in [-0.25, -0.2) is 0 Å².